The first-order valence-corrected chi connectivity index (χ1v) is 21.8. The van der Waals surface area contributed by atoms with Gasteiger partial charge in [-0.05, 0) is 73.5 Å². The van der Waals surface area contributed by atoms with Crippen molar-refractivity contribution in [2.45, 2.75) is 5.41 Å². The van der Waals surface area contributed by atoms with E-state index < -0.39 is 5.41 Å². The maximum Gasteiger partial charge on any atom is 0.0714 e. The van der Waals surface area contributed by atoms with Gasteiger partial charge < -0.3 is 4.90 Å². The van der Waals surface area contributed by atoms with E-state index in [1.165, 1.54) is 86.6 Å². The minimum Gasteiger partial charge on any atom is -0.308 e. The first-order chi connectivity index (χ1) is 30.3. The highest BCUT2D eigenvalue weighted by Gasteiger charge is 2.47. The topological polar surface area (TPSA) is 3.24 Å². The van der Waals surface area contributed by atoms with Gasteiger partial charge in [-0.2, -0.15) is 0 Å². The standard InChI is InChI=1S/C59H39NS/c1-4-20-41(21-5-1)45-31-17-33-48-49-34-18-39-55(58(49)61-57(45)48)60(53-37-15-13-29-47(53)46-32-16-23-40-22-10-11-28-44(40)46)54-38-19-36-52-56(54)50-30-12-14-35-51(50)59(52,42-24-6-2-7-25-42)43-26-8-3-9-27-43/h1-39H. The monoisotopic (exact) mass is 793 g/mol. The van der Waals surface area contributed by atoms with Crippen LogP contribution in [0.5, 0.6) is 0 Å². The average molecular weight is 794 g/mol. The van der Waals surface area contributed by atoms with Crippen molar-refractivity contribution in [3.8, 4) is 33.4 Å². The predicted octanol–water partition coefficient (Wildman–Crippen LogP) is 16.4. The van der Waals surface area contributed by atoms with Gasteiger partial charge in [0.2, 0.25) is 0 Å². The molecule has 1 nitrogen and oxygen atoms in total. The smallest absolute Gasteiger partial charge is 0.0714 e. The van der Waals surface area contributed by atoms with E-state index in [4.69, 9.17) is 0 Å². The van der Waals surface area contributed by atoms with Crippen LogP contribution < -0.4 is 4.90 Å². The van der Waals surface area contributed by atoms with Crippen LogP contribution in [0.1, 0.15) is 22.3 Å². The molecule has 11 aromatic rings. The third-order valence-corrected chi connectivity index (χ3v) is 14.0. The highest BCUT2D eigenvalue weighted by molar-refractivity contribution is 7.27. The lowest BCUT2D eigenvalue weighted by Gasteiger charge is -2.34. The third kappa shape index (κ3) is 5.39. The first kappa shape index (κ1) is 35.4. The Balaban J connectivity index is 1.21. The first-order valence-electron chi connectivity index (χ1n) is 21.0. The molecular formula is C59H39NS. The summed E-state index contributed by atoms with van der Waals surface area (Å²) in [7, 11) is 0. The highest BCUT2D eigenvalue weighted by atomic mass is 32.1. The zero-order valence-corrected chi connectivity index (χ0v) is 34.2. The number of thiophene rings is 1. The van der Waals surface area contributed by atoms with Gasteiger partial charge in [0.05, 0.1) is 27.2 Å². The molecule has 0 fully saturated rings. The molecular weight excluding hydrogens is 755 g/mol. The van der Waals surface area contributed by atoms with Crippen LogP contribution in [0.3, 0.4) is 0 Å². The molecule has 286 valence electrons. The van der Waals surface area contributed by atoms with Crippen LogP contribution in [0, 0.1) is 0 Å². The van der Waals surface area contributed by atoms with E-state index >= 15 is 0 Å². The molecule has 0 spiro atoms. The maximum absolute atomic E-state index is 2.58. The normalized spacial score (nSPS) is 12.7. The number of rotatable bonds is 7. The lowest BCUT2D eigenvalue weighted by Crippen LogP contribution is -2.28. The molecule has 0 unspecified atom stereocenters. The molecule has 0 saturated heterocycles. The van der Waals surface area contributed by atoms with E-state index in [-0.39, 0.29) is 0 Å². The Labute approximate surface area is 360 Å². The van der Waals surface area contributed by atoms with E-state index in [1.54, 1.807) is 0 Å². The van der Waals surface area contributed by atoms with Crippen molar-refractivity contribution in [2.24, 2.45) is 0 Å². The van der Waals surface area contributed by atoms with E-state index in [2.05, 4.69) is 241 Å². The fourth-order valence-electron chi connectivity index (χ4n) is 10.2. The van der Waals surface area contributed by atoms with Gasteiger partial charge in [0, 0.05) is 26.6 Å². The van der Waals surface area contributed by atoms with Gasteiger partial charge in [-0.25, -0.2) is 0 Å². The molecule has 2 heteroatoms. The fraction of sp³-hybridized carbons (Fsp3) is 0.0169. The number of para-hydroxylation sites is 1. The van der Waals surface area contributed by atoms with Crippen LogP contribution in [0.2, 0.25) is 0 Å². The molecule has 0 amide bonds. The summed E-state index contributed by atoms with van der Waals surface area (Å²) >= 11 is 1.90. The largest absolute Gasteiger partial charge is 0.308 e. The SMILES string of the molecule is c1ccc(-c2cccc3c2sc2c(N(c4ccccc4-c4cccc5ccccc45)c4cccc5c4-c4ccccc4C5(c4ccccc4)c4ccccc4)cccc23)cc1. The zero-order valence-electron chi connectivity index (χ0n) is 33.4. The van der Waals surface area contributed by atoms with Gasteiger partial charge in [-0.15, -0.1) is 11.3 Å². The van der Waals surface area contributed by atoms with Crippen LogP contribution in [0.4, 0.5) is 17.1 Å². The second-order valence-electron chi connectivity index (χ2n) is 15.9. The van der Waals surface area contributed by atoms with Gasteiger partial charge in [-0.1, -0.05) is 218 Å². The summed E-state index contributed by atoms with van der Waals surface area (Å²) in [6.07, 6.45) is 0. The van der Waals surface area contributed by atoms with Crippen molar-refractivity contribution >= 4 is 59.3 Å². The molecule has 1 aromatic heterocycles. The van der Waals surface area contributed by atoms with Gasteiger partial charge in [0.25, 0.3) is 0 Å². The molecule has 12 rings (SSSR count). The molecule has 0 aliphatic heterocycles. The molecule has 0 bridgehead atoms. The summed E-state index contributed by atoms with van der Waals surface area (Å²) in [4.78, 5) is 2.58. The van der Waals surface area contributed by atoms with E-state index in [0.29, 0.717) is 0 Å². The Morgan fingerprint density at radius 3 is 1.59 bits per heavy atom. The van der Waals surface area contributed by atoms with Crippen LogP contribution in [-0.4, -0.2) is 0 Å². The Morgan fingerprint density at radius 2 is 0.803 bits per heavy atom. The minimum atomic E-state index is -0.528. The van der Waals surface area contributed by atoms with E-state index in [9.17, 15) is 0 Å². The van der Waals surface area contributed by atoms with Crippen molar-refractivity contribution < 1.29 is 0 Å². The Bertz CT molecular complexity index is 3380. The van der Waals surface area contributed by atoms with E-state index in [0.717, 1.165) is 17.1 Å². The van der Waals surface area contributed by atoms with Crippen LogP contribution in [0.15, 0.2) is 237 Å². The van der Waals surface area contributed by atoms with Gasteiger partial charge in [-0.3, -0.25) is 0 Å². The molecule has 61 heavy (non-hydrogen) atoms. The molecule has 1 heterocycles. The molecule has 10 aromatic carbocycles. The number of nitrogens with zero attached hydrogens (tertiary/aromatic N) is 1. The van der Waals surface area contributed by atoms with Crippen molar-refractivity contribution in [1.29, 1.82) is 0 Å². The van der Waals surface area contributed by atoms with Gasteiger partial charge in [0.1, 0.15) is 0 Å². The molecule has 0 saturated carbocycles. The third-order valence-electron chi connectivity index (χ3n) is 12.8. The van der Waals surface area contributed by atoms with Gasteiger partial charge in [0.15, 0.2) is 0 Å². The number of hydrogen-bond donors (Lipinski definition) is 0. The quantitative estimate of drug-likeness (QED) is 0.155. The predicted molar refractivity (Wildman–Crippen MR) is 260 cm³/mol. The van der Waals surface area contributed by atoms with Crippen LogP contribution >= 0.6 is 11.3 Å². The zero-order chi connectivity index (χ0) is 40.3. The van der Waals surface area contributed by atoms with Crippen LogP contribution in [0.25, 0.3) is 64.3 Å². The maximum atomic E-state index is 2.58. The van der Waals surface area contributed by atoms with Crippen molar-refractivity contribution in [3.05, 3.63) is 259 Å². The summed E-state index contributed by atoms with van der Waals surface area (Å²) in [6.45, 7) is 0. The number of fused-ring (bicyclic) bond motifs is 7. The lowest BCUT2D eigenvalue weighted by molar-refractivity contribution is 0.768. The van der Waals surface area contributed by atoms with Crippen LogP contribution in [-0.2, 0) is 5.41 Å². The van der Waals surface area contributed by atoms with E-state index in [1.807, 2.05) is 11.3 Å². The van der Waals surface area contributed by atoms with Crippen molar-refractivity contribution in [3.63, 3.8) is 0 Å². The molecule has 0 N–H and O–H groups in total. The summed E-state index contributed by atoms with van der Waals surface area (Å²) in [5, 5.41) is 5.01. The summed E-state index contributed by atoms with van der Waals surface area (Å²) < 4.78 is 2.56. The molecule has 0 atom stereocenters. The minimum absolute atomic E-state index is 0.528. The van der Waals surface area contributed by atoms with Crippen molar-refractivity contribution in [1.82, 2.24) is 0 Å². The number of benzene rings is 10. The van der Waals surface area contributed by atoms with Gasteiger partial charge >= 0.3 is 0 Å². The van der Waals surface area contributed by atoms with Crippen molar-refractivity contribution in [2.75, 3.05) is 4.90 Å². The summed E-state index contributed by atoms with van der Waals surface area (Å²) in [5.74, 6) is 0. The number of anilines is 3. The second-order valence-corrected chi connectivity index (χ2v) is 16.9. The Hall–Kier alpha value is -7.52. The summed E-state index contributed by atoms with van der Waals surface area (Å²) in [5.41, 5.74) is 15.4. The summed E-state index contributed by atoms with van der Waals surface area (Å²) in [6, 6.07) is 87.3. The highest BCUT2D eigenvalue weighted by Crippen LogP contribution is 2.60. The lowest BCUT2D eigenvalue weighted by atomic mass is 9.68. The second kappa shape index (κ2) is 14.3. The molecule has 0 radical (unpaired) electrons. The molecule has 1 aliphatic rings. The number of hydrogen-bond acceptors (Lipinski definition) is 2. The Kier molecular flexibility index (Phi) is 8.33. The molecule has 1 aliphatic carbocycles. The average Bonchev–Trinajstić information content (AvgIpc) is 3.88. The Morgan fingerprint density at radius 1 is 0.311 bits per heavy atom. The fourth-order valence-corrected chi connectivity index (χ4v) is 11.6.